The third-order valence-electron chi connectivity index (χ3n) is 2.15. The minimum atomic E-state index is -1.11. The first-order chi connectivity index (χ1) is 8.97. The van der Waals surface area contributed by atoms with Crippen molar-refractivity contribution in [2.45, 2.75) is 0 Å². The fraction of sp³-hybridized carbons (Fsp3) is 0. The zero-order chi connectivity index (χ0) is 14.0. The second-order valence-corrected chi connectivity index (χ2v) is 5.22. The lowest BCUT2D eigenvalue weighted by Crippen LogP contribution is -1.98. The first kappa shape index (κ1) is 14.1. The van der Waals surface area contributed by atoms with Crippen molar-refractivity contribution in [2.75, 3.05) is 0 Å². The largest absolute Gasteiger partial charge is 0.478 e. The van der Waals surface area contributed by atoms with E-state index in [9.17, 15) is 4.79 Å². The molecule has 0 radical (unpaired) electrons. The number of aromatic carboxylic acids is 1. The van der Waals surface area contributed by atoms with E-state index in [1.165, 1.54) is 6.07 Å². The fourth-order valence-electron chi connectivity index (χ4n) is 1.28. The molecule has 19 heavy (non-hydrogen) atoms. The number of benzene rings is 1. The van der Waals surface area contributed by atoms with Crippen molar-refractivity contribution in [1.29, 1.82) is 0 Å². The van der Waals surface area contributed by atoms with E-state index in [1.54, 1.807) is 18.2 Å². The molecule has 0 aliphatic carbocycles. The molecule has 1 heterocycles. The summed E-state index contributed by atoms with van der Waals surface area (Å²) in [6, 6.07) is 6.33. The highest BCUT2D eigenvalue weighted by Gasteiger charge is 2.11. The number of carboxylic acids is 1. The van der Waals surface area contributed by atoms with Gasteiger partial charge >= 0.3 is 5.97 Å². The third-order valence-corrected chi connectivity index (χ3v) is 3.21. The van der Waals surface area contributed by atoms with Crippen LogP contribution in [-0.2, 0) is 0 Å². The van der Waals surface area contributed by atoms with Crippen LogP contribution in [0.15, 0.2) is 34.9 Å². The zero-order valence-corrected chi connectivity index (χ0v) is 12.3. The lowest BCUT2D eigenvalue weighted by molar-refractivity contribution is 0.0696. The Balaban J connectivity index is 2.31. The number of hydrogen-bond acceptors (Lipinski definition) is 3. The molecule has 0 saturated heterocycles. The molecule has 1 N–H and O–H groups in total. The fourth-order valence-corrected chi connectivity index (χ4v) is 2.20. The molecule has 0 unspecified atom stereocenters. The maximum atomic E-state index is 10.7. The lowest BCUT2D eigenvalue weighted by atomic mass is 10.3. The van der Waals surface area contributed by atoms with Gasteiger partial charge in [0, 0.05) is 10.7 Å². The predicted molar refractivity (Wildman–Crippen MR) is 75.4 cm³/mol. The Kier molecular flexibility index (Phi) is 4.29. The van der Waals surface area contributed by atoms with Crippen LogP contribution in [0, 0.1) is 0 Å². The highest BCUT2D eigenvalue weighted by Crippen LogP contribution is 2.33. The molecule has 1 aromatic carbocycles. The van der Waals surface area contributed by atoms with E-state index in [0.29, 0.717) is 10.8 Å². The van der Waals surface area contributed by atoms with Gasteiger partial charge in [0.15, 0.2) is 0 Å². The van der Waals surface area contributed by atoms with Gasteiger partial charge in [0.25, 0.3) is 0 Å². The van der Waals surface area contributed by atoms with Gasteiger partial charge in [-0.15, -0.1) is 0 Å². The molecule has 2 aromatic rings. The Morgan fingerprint density at radius 3 is 2.58 bits per heavy atom. The van der Waals surface area contributed by atoms with Crippen molar-refractivity contribution in [3.8, 4) is 11.6 Å². The van der Waals surface area contributed by atoms with Gasteiger partial charge in [-0.1, -0.05) is 39.1 Å². The zero-order valence-electron chi connectivity index (χ0n) is 9.23. The Labute approximate surface area is 127 Å². The second-order valence-electron chi connectivity index (χ2n) is 3.49. The maximum absolute atomic E-state index is 10.7. The molecule has 7 heteroatoms. The number of ether oxygens (including phenoxy) is 1. The quantitative estimate of drug-likeness (QED) is 0.863. The summed E-state index contributed by atoms with van der Waals surface area (Å²) >= 11 is 15.2. The summed E-state index contributed by atoms with van der Waals surface area (Å²) in [4.78, 5) is 14.6. The normalized spacial score (nSPS) is 10.3. The van der Waals surface area contributed by atoms with E-state index < -0.39 is 5.97 Å². The number of halogens is 3. The molecule has 0 amide bonds. The Bertz CT molecular complexity index is 649. The summed E-state index contributed by atoms with van der Waals surface area (Å²) in [5, 5.41) is 9.28. The summed E-state index contributed by atoms with van der Waals surface area (Å²) in [7, 11) is 0. The van der Waals surface area contributed by atoms with Gasteiger partial charge in [0.05, 0.1) is 10.6 Å². The number of carboxylic acid groups (broad SMARTS) is 1. The summed E-state index contributed by atoms with van der Waals surface area (Å²) in [5.74, 6) is -0.638. The highest BCUT2D eigenvalue weighted by atomic mass is 79.9. The van der Waals surface area contributed by atoms with Crippen LogP contribution in [-0.4, -0.2) is 16.1 Å². The number of aromatic nitrogens is 1. The van der Waals surface area contributed by atoms with Gasteiger partial charge < -0.3 is 9.84 Å². The van der Waals surface area contributed by atoms with Crippen LogP contribution in [0.3, 0.4) is 0 Å². The molecular formula is C12H6BrCl2NO3. The summed E-state index contributed by atoms with van der Waals surface area (Å²) in [5.41, 5.74) is -0.0146. The van der Waals surface area contributed by atoms with Crippen LogP contribution in [0.4, 0.5) is 0 Å². The molecule has 0 aliphatic heterocycles. The SMILES string of the molecule is O=C(O)c1cnc(Oc2ccc(Br)cc2Cl)c(Cl)c1. The molecule has 4 nitrogen and oxygen atoms in total. The number of hydrogen-bond donors (Lipinski definition) is 1. The van der Waals surface area contributed by atoms with Crippen LogP contribution in [0.1, 0.15) is 10.4 Å². The van der Waals surface area contributed by atoms with Crippen LogP contribution in [0.5, 0.6) is 11.6 Å². The minimum Gasteiger partial charge on any atom is -0.478 e. The van der Waals surface area contributed by atoms with Crippen molar-refractivity contribution in [3.63, 3.8) is 0 Å². The van der Waals surface area contributed by atoms with Crippen molar-refractivity contribution >= 4 is 45.1 Å². The Morgan fingerprint density at radius 2 is 2.00 bits per heavy atom. The molecule has 0 bridgehead atoms. The average molecular weight is 363 g/mol. The van der Waals surface area contributed by atoms with Crippen molar-refractivity contribution in [3.05, 3.63) is 50.5 Å². The van der Waals surface area contributed by atoms with E-state index >= 15 is 0 Å². The summed E-state index contributed by atoms with van der Waals surface area (Å²) < 4.78 is 6.25. The van der Waals surface area contributed by atoms with Gasteiger partial charge in [-0.3, -0.25) is 0 Å². The third kappa shape index (κ3) is 3.37. The van der Waals surface area contributed by atoms with Gasteiger partial charge in [0.2, 0.25) is 5.88 Å². The first-order valence-electron chi connectivity index (χ1n) is 4.99. The molecule has 0 saturated carbocycles. The monoisotopic (exact) mass is 361 g/mol. The van der Waals surface area contributed by atoms with Gasteiger partial charge in [-0.05, 0) is 24.3 Å². The number of pyridine rings is 1. The van der Waals surface area contributed by atoms with Crippen LogP contribution >= 0.6 is 39.1 Å². The maximum Gasteiger partial charge on any atom is 0.337 e. The topological polar surface area (TPSA) is 59.4 Å². The molecule has 0 fully saturated rings. The number of nitrogens with zero attached hydrogens (tertiary/aromatic N) is 1. The molecule has 0 atom stereocenters. The van der Waals surface area contributed by atoms with Crippen LogP contribution in [0.25, 0.3) is 0 Å². The van der Waals surface area contributed by atoms with E-state index in [0.717, 1.165) is 10.7 Å². The molecule has 2 rings (SSSR count). The standard InChI is InChI=1S/C12H6BrCl2NO3/c13-7-1-2-10(8(14)4-7)19-11-9(15)3-6(5-16-11)12(17)18/h1-5H,(H,17,18). The van der Waals surface area contributed by atoms with Crippen molar-refractivity contribution in [1.82, 2.24) is 4.98 Å². The Morgan fingerprint density at radius 1 is 1.26 bits per heavy atom. The smallest absolute Gasteiger partial charge is 0.337 e. The van der Waals surface area contributed by atoms with E-state index in [-0.39, 0.29) is 16.5 Å². The molecular weight excluding hydrogens is 357 g/mol. The minimum absolute atomic E-state index is 0.0146. The average Bonchev–Trinajstić information content (AvgIpc) is 2.34. The van der Waals surface area contributed by atoms with E-state index in [1.807, 2.05) is 0 Å². The lowest BCUT2D eigenvalue weighted by Gasteiger charge is -2.08. The van der Waals surface area contributed by atoms with Gasteiger partial charge in [0.1, 0.15) is 10.8 Å². The molecule has 0 aliphatic rings. The first-order valence-corrected chi connectivity index (χ1v) is 6.54. The Hall–Kier alpha value is -1.30. The second kappa shape index (κ2) is 5.77. The van der Waals surface area contributed by atoms with Crippen molar-refractivity contribution in [2.24, 2.45) is 0 Å². The summed E-state index contributed by atoms with van der Waals surface area (Å²) in [6.45, 7) is 0. The van der Waals surface area contributed by atoms with Crippen LogP contribution < -0.4 is 4.74 Å². The highest BCUT2D eigenvalue weighted by molar-refractivity contribution is 9.10. The molecule has 98 valence electrons. The van der Waals surface area contributed by atoms with E-state index in [4.69, 9.17) is 33.0 Å². The predicted octanol–water partition coefficient (Wildman–Crippen LogP) is 4.64. The van der Waals surface area contributed by atoms with Crippen LogP contribution in [0.2, 0.25) is 10.0 Å². The molecule has 1 aromatic heterocycles. The number of carbonyl (C=O) groups is 1. The van der Waals surface area contributed by atoms with Gasteiger partial charge in [-0.2, -0.15) is 0 Å². The van der Waals surface area contributed by atoms with Crippen molar-refractivity contribution < 1.29 is 14.6 Å². The van der Waals surface area contributed by atoms with Gasteiger partial charge in [-0.25, -0.2) is 9.78 Å². The van der Waals surface area contributed by atoms with E-state index in [2.05, 4.69) is 20.9 Å². The number of rotatable bonds is 3. The summed E-state index contributed by atoms with van der Waals surface area (Å²) in [6.07, 6.45) is 1.16. The molecule has 0 spiro atoms.